The van der Waals surface area contributed by atoms with E-state index < -0.39 is 9.84 Å². The number of carbonyl (C=O) groups excluding carboxylic acids is 1. The second kappa shape index (κ2) is 7.57. The Morgan fingerprint density at radius 1 is 1.31 bits per heavy atom. The van der Waals surface area contributed by atoms with Gasteiger partial charge in [-0.15, -0.1) is 0 Å². The molecule has 0 spiro atoms. The first-order chi connectivity index (χ1) is 12.4. The first-order valence-electron chi connectivity index (χ1n) is 8.83. The molecule has 3 rings (SSSR count). The maximum absolute atomic E-state index is 12.7. The fourth-order valence-electron chi connectivity index (χ4n) is 3.11. The van der Waals surface area contributed by atoms with Crippen molar-refractivity contribution in [3.63, 3.8) is 0 Å². The zero-order valence-corrected chi connectivity index (χ0v) is 15.9. The zero-order valence-electron chi connectivity index (χ0n) is 15.1. The molecule has 1 aliphatic heterocycles. The highest BCUT2D eigenvalue weighted by Crippen LogP contribution is 2.30. The second-order valence-corrected chi connectivity index (χ2v) is 8.58. The van der Waals surface area contributed by atoms with Gasteiger partial charge < -0.3 is 9.42 Å². The number of rotatable bonds is 6. The lowest BCUT2D eigenvalue weighted by atomic mass is 10.0. The van der Waals surface area contributed by atoms with E-state index in [2.05, 4.69) is 10.1 Å². The summed E-state index contributed by atoms with van der Waals surface area (Å²) in [6, 6.07) is 5.02. The molecular weight excluding hydrogens is 354 g/mol. The van der Waals surface area contributed by atoms with Crippen LogP contribution in [0.5, 0.6) is 0 Å². The number of aromatic nitrogens is 2. The summed E-state index contributed by atoms with van der Waals surface area (Å²) in [5, 5.41) is 3.89. The molecule has 1 aromatic heterocycles. The summed E-state index contributed by atoms with van der Waals surface area (Å²) in [5.74, 6) is 1.06. The fourth-order valence-corrected chi connectivity index (χ4v) is 3.75. The summed E-state index contributed by atoms with van der Waals surface area (Å²) in [4.78, 5) is 18.9. The van der Waals surface area contributed by atoms with E-state index in [9.17, 15) is 13.2 Å². The monoisotopic (exact) mass is 377 g/mol. The van der Waals surface area contributed by atoms with Crippen LogP contribution in [0, 0.1) is 0 Å². The van der Waals surface area contributed by atoms with Crippen LogP contribution in [-0.4, -0.2) is 37.3 Å². The highest BCUT2D eigenvalue weighted by Gasteiger charge is 2.24. The van der Waals surface area contributed by atoms with Gasteiger partial charge >= 0.3 is 0 Å². The van der Waals surface area contributed by atoms with Gasteiger partial charge in [0.05, 0.1) is 4.90 Å². The maximum Gasteiger partial charge on any atom is 0.227 e. The van der Waals surface area contributed by atoms with Crippen LogP contribution in [0.3, 0.4) is 0 Å². The van der Waals surface area contributed by atoms with Crippen LogP contribution in [0.1, 0.15) is 43.5 Å². The predicted molar refractivity (Wildman–Crippen MR) is 96.8 cm³/mol. The Kier molecular flexibility index (Phi) is 5.41. The number of sulfone groups is 1. The van der Waals surface area contributed by atoms with Crippen molar-refractivity contribution in [1.29, 1.82) is 0 Å². The molecule has 1 aliphatic rings. The van der Waals surface area contributed by atoms with Crippen LogP contribution >= 0.6 is 0 Å². The summed E-state index contributed by atoms with van der Waals surface area (Å²) in [7, 11) is -3.31. The number of anilines is 1. The Morgan fingerprint density at radius 3 is 2.85 bits per heavy atom. The van der Waals surface area contributed by atoms with Gasteiger partial charge in [0.2, 0.25) is 11.8 Å². The summed E-state index contributed by atoms with van der Waals surface area (Å²) in [6.07, 6.45) is 5.19. The summed E-state index contributed by atoms with van der Waals surface area (Å²) >= 11 is 0. The molecule has 0 saturated carbocycles. The van der Waals surface area contributed by atoms with E-state index in [0.29, 0.717) is 30.4 Å². The van der Waals surface area contributed by atoms with E-state index in [1.807, 2.05) is 6.92 Å². The summed E-state index contributed by atoms with van der Waals surface area (Å²) < 4.78 is 28.8. The molecule has 26 heavy (non-hydrogen) atoms. The van der Waals surface area contributed by atoms with Gasteiger partial charge in [0, 0.05) is 37.8 Å². The third kappa shape index (κ3) is 4.12. The molecule has 1 aromatic carbocycles. The van der Waals surface area contributed by atoms with Gasteiger partial charge in [0.1, 0.15) is 0 Å². The lowest BCUT2D eigenvalue weighted by Gasteiger charge is -2.30. The van der Waals surface area contributed by atoms with Crippen molar-refractivity contribution in [2.75, 3.05) is 17.7 Å². The number of amides is 1. The quantitative estimate of drug-likeness (QED) is 0.767. The van der Waals surface area contributed by atoms with Crippen LogP contribution in [0.4, 0.5) is 5.69 Å². The average Bonchev–Trinajstić information content (AvgIpc) is 3.06. The molecule has 140 valence electrons. The lowest BCUT2D eigenvalue weighted by Crippen LogP contribution is -2.35. The van der Waals surface area contributed by atoms with Crippen LogP contribution in [0.2, 0.25) is 0 Å². The number of hydrogen-bond acceptors (Lipinski definition) is 6. The van der Waals surface area contributed by atoms with Crippen molar-refractivity contribution in [3.05, 3.63) is 35.5 Å². The smallest absolute Gasteiger partial charge is 0.227 e. The minimum absolute atomic E-state index is 0.0631. The van der Waals surface area contributed by atoms with Gasteiger partial charge in [0.25, 0.3) is 0 Å². The van der Waals surface area contributed by atoms with E-state index in [1.54, 1.807) is 23.1 Å². The minimum Gasteiger partial charge on any atom is -0.339 e. The van der Waals surface area contributed by atoms with Gasteiger partial charge in [-0.1, -0.05) is 18.1 Å². The lowest BCUT2D eigenvalue weighted by molar-refractivity contribution is -0.118. The van der Waals surface area contributed by atoms with Crippen molar-refractivity contribution in [3.8, 4) is 0 Å². The van der Waals surface area contributed by atoms with E-state index >= 15 is 0 Å². The topological polar surface area (TPSA) is 93.4 Å². The number of hydrogen-bond donors (Lipinski definition) is 0. The standard InChI is InChI=1S/C18H23N3O4S/c1-3-5-16-19-17(25-20-16)9-10-18(22)21-11-4-6-13-7-8-14(12-15(13)21)26(2,23)24/h7-8,12H,3-6,9-11H2,1-2H3. The van der Waals surface area contributed by atoms with Gasteiger partial charge in [-0.25, -0.2) is 8.42 Å². The van der Waals surface area contributed by atoms with Crippen molar-refractivity contribution in [2.45, 2.75) is 50.3 Å². The highest BCUT2D eigenvalue weighted by atomic mass is 32.2. The van der Waals surface area contributed by atoms with Crippen LogP contribution in [0.25, 0.3) is 0 Å². The second-order valence-electron chi connectivity index (χ2n) is 6.57. The molecule has 2 heterocycles. The normalized spacial score (nSPS) is 14.3. The van der Waals surface area contributed by atoms with E-state index in [0.717, 1.165) is 31.2 Å². The highest BCUT2D eigenvalue weighted by molar-refractivity contribution is 7.90. The third-order valence-electron chi connectivity index (χ3n) is 4.44. The predicted octanol–water partition coefficient (Wildman–Crippen LogP) is 2.34. The zero-order chi connectivity index (χ0) is 18.7. The first-order valence-corrected chi connectivity index (χ1v) is 10.7. The van der Waals surface area contributed by atoms with E-state index in [4.69, 9.17) is 4.52 Å². The number of fused-ring (bicyclic) bond motifs is 1. The molecule has 0 bridgehead atoms. The van der Waals surface area contributed by atoms with Crippen LogP contribution in [-0.2, 0) is 33.9 Å². The Balaban J connectivity index is 1.74. The van der Waals surface area contributed by atoms with Crippen LogP contribution in [0.15, 0.2) is 27.6 Å². The Hall–Kier alpha value is -2.22. The molecule has 2 aromatic rings. The van der Waals surface area contributed by atoms with Gasteiger partial charge in [0.15, 0.2) is 15.7 Å². The molecule has 8 heteroatoms. The number of nitrogens with zero attached hydrogens (tertiary/aromatic N) is 3. The van der Waals surface area contributed by atoms with Crippen molar-refractivity contribution in [2.24, 2.45) is 0 Å². The van der Waals surface area contributed by atoms with E-state index in [-0.39, 0.29) is 17.2 Å². The summed E-state index contributed by atoms with van der Waals surface area (Å²) in [6.45, 7) is 2.63. The minimum atomic E-state index is -3.31. The average molecular weight is 377 g/mol. The Morgan fingerprint density at radius 2 is 2.12 bits per heavy atom. The molecule has 0 aliphatic carbocycles. The fraction of sp³-hybridized carbons (Fsp3) is 0.500. The van der Waals surface area contributed by atoms with Crippen LogP contribution < -0.4 is 4.90 Å². The molecule has 7 nitrogen and oxygen atoms in total. The molecule has 0 saturated heterocycles. The SMILES string of the molecule is CCCc1noc(CCC(=O)N2CCCc3ccc(S(C)(=O)=O)cc32)n1. The van der Waals surface area contributed by atoms with Gasteiger partial charge in [-0.05, 0) is 37.0 Å². The molecule has 0 unspecified atom stereocenters. The molecule has 0 fully saturated rings. The third-order valence-corrected chi connectivity index (χ3v) is 5.55. The van der Waals surface area contributed by atoms with Crippen molar-refractivity contribution < 1.29 is 17.7 Å². The molecule has 0 N–H and O–H groups in total. The van der Waals surface area contributed by atoms with Gasteiger partial charge in [-0.2, -0.15) is 4.98 Å². The van der Waals surface area contributed by atoms with Crippen molar-refractivity contribution in [1.82, 2.24) is 10.1 Å². The molecule has 1 amide bonds. The number of benzene rings is 1. The number of aryl methyl sites for hydroxylation is 3. The van der Waals surface area contributed by atoms with Gasteiger partial charge in [-0.3, -0.25) is 4.79 Å². The Bertz CT molecular complexity index is 905. The maximum atomic E-state index is 12.7. The summed E-state index contributed by atoms with van der Waals surface area (Å²) in [5.41, 5.74) is 1.70. The van der Waals surface area contributed by atoms with E-state index in [1.165, 1.54) is 6.26 Å². The molecular formula is C18H23N3O4S. The number of carbonyl (C=O) groups is 1. The first kappa shape index (κ1) is 18.6. The molecule has 0 atom stereocenters. The molecule has 0 radical (unpaired) electrons. The van der Waals surface area contributed by atoms with Crippen molar-refractivity contribution >= 4 is 21.4 Å². The Labute approximate surface area is 153 Å². The largest absolute Gasteiger partial charge is 0.339 e.